The van der Waals surface area contributed by atoms with Crippen LogP contribution in [0.3, 0.4) is 0 Å². The summed E-state index contributed by atoms with van der Waals surface area (Å²) in [5, 5.41) is 0. The lowest BCUT2D eigenvalue weighted by Gasteiger charge is -2.29. The van der Waals surface area contributed by atoms with Gasteiger partial charge in [-0.3, -0.25) is 0 Å². The van der Waals surface area contributed by atoms with Gasteiger partial charge in [0.15, 0.2) is 0 Å². The van der Waals surface area contributed by atoms with Gasteiger partial charge in [-0.25, -0.2) is 4.98 Å². The van der Waals surface area contributed by atoms with Gasteiger partial charge in [0, 0.05) is 31.4 Å². The van der Waals surface area contributed by atoms with Crippen LogP contribution in [-0.2, 0) is 14.9 Å². The molecule has 7 nitrogen and oxygen atoms in total. The van der Waals surface area contributed by atoms with Gasteiger partial charge in [0.1, 0.15) is 6.10 Å². The molecule has 0 spiro atoms. The number of morpholine rings is 1. The Balaban J connectivity index is 1.62. The molecule has 3 rings (SSSR count). The summed E-state index contributed by atoms with van der Waals surface area (Å²) in [5.41, 5.74) is 0.883. The largest absolute Gasteiger partial charge is 0.473 e. The molecule has 3 heterocycles. The predicted molar refractivity (Wildman–Crippen MR) is 80.9 cm³/mol. The van der Waals surface area contributed by atoms with Crippen LogP contribution in [0.5, 0.6) is 5.88 Å². The molecule has 0 unspecified atom stereocenters. The van der Waals surface area contributed by atoms with Gasteiger partial charge in [-0.15, -0.1) is 0 Å². The molecular formula is C14H21N3O4S. The van der Waals surface area contributed by atoms with E-state index < -0.39 is 10.2 Å². The molecule has 0 radical (unpaired) electrons. The summed E-state index contributed by atoms with van der Waals surface area (Å²) < 4.78 is 39.1. The van der Waals surface area contributed by atoms with Crippen molar-refractivity contribution < 1.29 is 17.9 Å². The summed E-state index contributed by atoms with van der Waals surface area (Å²) in [4.78, 5) is 4.30. The fourth-order valence-corrected chi connectivity index (χ4v) is 4.33. The lowest BCUT2D eigenvalue weighted by molar-refractivity contribution is 0.0703. The molecule has 2 saturated heterocycles. The van der Waals surface area contributed by atoms with Crippen LogP contribution >= 0.6 is 0 Å². The number of aryl methyl sites for hydroxylation is 1. The summed E-state index contributed by atoms with van der Waals surface area (Å²) in [6.45, 7) is 4.51. The number of hydrogen-bond acceptors (Lipinski definition) is 5. The third-order valence-electron chi connectivity index (χ3n) is 3.88. The van der Waals surface area contributed by atoms with Gasteiger partial charge < -0.3 is 9.47 Å². The van der Waals surface area contributed by atoms with E-state index >= 15 is 0 Å². The molecule has 2 fully saturated rings. The van der Waals surface area contributed by atoms with E-state index in [0.29, 0.717) is 51.7 Å². The van der Waals surface area contributed by atoms with E-state index in [1.165, 1.54) is 8.61 Å². The highest BCUT2D eigenvalue weighted by molar-refractivity contribution is 7.86. The minimum atomic E-state index is -3.41. The number of pyridine rings is 1. The highest BCUT2D eigenvalue weighted by Crippen LogP contribution is 2.21. The van der Waals surface area contributed by atoms with Gasteiger partial charge in [0.05, 0.1) is 19.8 Å². The second-order valence-electron chi connectivity index (χ2n) is 5.52. The zero-order chi connectivity index (χ0) is 15.6. The van der Waals surface area contributed by atoms with E-state index in [1.54, 1.807) is 6.07 Å². The van der Waals surface area contributed by atoms with Crippen molar-refractivity contribution in [3.63, 3.8) is 0 Å². The molecule has 0 amide bonds. The molecule has 0 aliphatic carbocycles. The van der Waals surface area contributed by atoms with Crippen molar-refractivity contribution in [1.82, 2.24) is 13.6 Å². The minimum Gasteiger partial charge on any atom is -0.473 e. The summed E-state index contributed by atoms with van der Waals surface area (Å²) in [6, 6.07) is 5.58. The van der Waals surface area contributed by atoms with Crippen LogP contribution in [0.25, 0.3) is 0 Å². The maximum atomic E-state index is 12.6. The SMILES string of the molecule is Cc1cccc(O[C@H]2CCN(S(=O)(=O)N3CCOCC3)C2)n1. The number of ether oxygens (including phenoxy) is 2. The standard InChI is InChI=1S/C14H21N3O4S/c1-12-3-2-4-14(15-12)21-13-5-6-17(11-13)22(18,19)16-7-9-20-10-8-16/h2-4,13H,5-11H2,1H3/t13-/m0/s1. The Labute approximate surface area is 131 Å². The van der Waals surface area contributed by atoms with Crippen molar-refractivity contribution >= 4 is 10.2 Å². The molecule has 0 aromatic carbocycles. The smallest absolute Gasteiger partial charge is 0.282 e. The van der Waals surface area contributed by atoms with Crippen molar-refractivity contribution in [3.8, 4) is 5.88 Å². The molecule has 0 N–H and O–H groups in total. The number of aromatic nitrogens is 1. The predicted octanol–water partition coefficient (Wildman–Crippen LogP) is 0.420. The number of rotatable bonds is 4. The van der Waals surface area contributed by atoms with E-state index in [1.807, 2.05) is 19.1 Å². The second kappa shape index (κ2) is 6.49. The zero-order valence-corrected chi connectivity index (χ0v) is 13.5. The van der Waals surface area contributed by atoms with Gasteiger partial charge in [0.25, 0.3) is 10.2 Å². The van der Waals surface area contributed by atoms with E-state index in [0.717, 1.165) is 5.69 Å². The maximum Gasteiger partial charge on any atom is 0.282 e. The van der Waals surface area contributed by atoms with E-state index in [2.05, 4.69) is 4.98 Å². The summed E-state index contributed by atoms with van der Waals surface area (Å²) in [7, 11) is -3.41. The van der Waals surface area contributed by atoms with Gasteiger partial charge in [-0.05, 0) is 19.4 Å². The van der Waals surface area contributed by atoms with E-state index in [4.69, 9.17) is 9.47 Å². The molecule has 1 aromatic heterocycles. The maximum absolute atomic E-state index is 12.6. The molecule has 122 valence electrons. The van der Waals surface area contributed by atoms with Gasteiger partial charge in [0.2, 0.25) is 5.88 Å². The van der Waals surface area contributed by atoms with E-state index in [9.17, 15) is 8.42 Å². The average molecular weight is 327 g/mol. The fraction of sp³-hybridized carbons (Fsp3) is 0.643. The Bertz CT molecular complexity index is 616. The van der Waals surface area contributed by atoms with Crippen LogP contribution in [0.1, 0.15) is 12.1 Å². The molecule has 2 aliphatic heterocycles. The highest BCUT2D eigenvalue weighted by Gasteiger charge is 2.37. The Kier molecular flexibility index (Phi) is 4.62. The van der Waals surface area contributed by atoms with E-state index in [-0.39, 0.29) is 6.10 Å². The first-order valence-electron chi connectivity index (χ1n) is 7.49. The van der Waals surface area contributed by atoms with Crippen LogP contribution in [0.15, 0.2) is 18.2 Å². The van der Waals surface area contributed by atoms with Crippen LogP contribution in [0.4, 0.5) is 0 Å². The Morgan fingerprint density at radius 2 is 2.00 bits per heavy atom. The third kappa shape index (κ3) is 3.40. The second-order valence-corrected chi connectivity index (χ2v) is 7.45. The summed E-state index contributed by atoms with van der Waals surface area (Å²) in [5.74, 6) is 0.552. The average Bonchev–Trinajstić information content (AvgIpc) is 2.97. The number of hydrogen-bond donors (Lipinski definition) is 0. The monoisotopic (exact) mass is 327 g/mol. The van der Waals surface area contributed by atoms with Crippen LogP contribution < -0.4 is 4.74 Å². The molecule has 0 bridgehead atoms. The molecule has 1 aromatic rings. The number of nitrogens with zero attached hydrogens (tertiary/aromatic N) is 3. The van der Waals surface area contributed by atoms with Crippen molar-refractivity contribution in [1.29, 1.82) is 0 Å². The fourth-order valence-electron chi connectivity index (χ4n) is 2.70. The highest BCUT2D eigenvalue weighted by atomic mass is 32.2. The summed E-state index contributed by atoms with van der Waals surface area (Å²) >= 11 is 0. The van der Waals surface area contributed by atoms with Gasteiger partial charge in [-0.2, -0.15) is 17.0 Å². The molecule has 8 heteroatoms. The molecule has 22 heavy (non-hydrogen) atoms. The van der Waals surface area contributed by atoms with Crippen molar-refractivity contribution in [2.75, 3.05) is 39.4 Å². The molecule has 0 saturated carbocycles. The van der Waals surface area contributed by atoms with Crippen molar-refractivity contribution in [3.05, 3.63) is 23.9 Å². The Morgan fingerprint density at radius 1 is 1.23 bits per heavy atom. The topological polar surface area (TPSA) is 72.0 Å². The first kappa shape index (κ1) is 15.7. The molecular weight excluding hydrogens is 306 g/mol. The Hall–Kier alpha value is -1.22. The van der Waals surface area contributed by atoms with Crippen molar-refractivity contribution in [2.24, 2.45) is 0 Å². The quantitative estimate of drug-likeness (QED) is 0.801. The van der Waals surface area contributed by atoms with Crippen LogP contribution in [-0.4, -0.2) is 67.5 Å². The molecule has 1 atom stereocenters. The minimum absolute atomic E-state index is 0.148. The molecule has 2 aliphatic rings. The van der Waals surface area contributed by atoms with Crippen LogP contribution in [0, 0.1) is 6.92 Å². The summed E-state index contributed by atoms with van der Waals surface area (Å²) in [6.07, 6.45) is 0.532. The van der Waals surface area contributed by atoms with Gasteiger partial charge in [-0.1, -0.05) is 6.07 Å². The lowest BCUT2D eigenvalue weighted by atomic mass is 10.3. The van der Waals surface area contributed by atoms with Gasteiger partial charge >= 0.3 is 0 Å². The normalized spacial score (nSPS) is 24.5. The Morgan fingerprint density at radius 3 is 2.73 bits per heavy atom. The van der Waals surface area contributed by atoms with Crippen molar-refractivity contribution in [2.45, 2.75) is 19.4 Å². The first-order chi connectivity index (χ1) is 10.6. The zero-order valence-electron chi connectivity index (χ0n) is 12.6. The van der Waals surface area contributed by atoms with Crippen LogP contribution in [0.2, 0.25) is 0 Å². The third-order valence-corrected chi connectivity index (χ3v) is 5.88. The lowest BCUT2D eigenvalue weighted by Crippen LogP contribution is -2.48. The first-order valence-corrected chi connectivity index (χ1v) is 8.89.